The summed E-state index contributed by atoms with van der Waals surface area (Å²) in [5.74, 6) is 0. The monoisotopic (exact) mass is 168 g/mol. The van der Waals surface area contributed by atoms with Crippen LogP contribution >= 0.6 is 11.6 Å². The van der Waals surface area contributed by atoms with Crippen molar-refractivity contribution >= 4 is 11.6 Å². The van der Waals surface area contributed by atoms with Gasteiger partial charge in [-0.3, -0.25) is 0 Å². The maximum atomic E-state index is 11.6. The Morgan fingerprint density at radius 1 is 1.11 bits per heavy atom. The molecule has 0 aromatic heterocycles. The van der Waals surface area contributed by atoms with Gasteiger partial charge in [0, 0.05) is 0 Å². The van der Waals surface area contributed by atoms with E-state index in [2.05, 4.69) is 11.6 Å². The largest absolute Gasteiger partial charge is 0.439 e. The van der Waals surface area contributed by atoms with Crippen LogP contribution in [0.3, 0.4) is 0 Å². The van der Waals surface area contributed by atoms with Gasteiger partial charge in [0.2, 0.25) is 0 Å². The average Bonchev–Trinajstić information content (AvgIpc) is 1.64. The molecule has 0 aliphatic heterocycles. The van der Waals surface area contributed by atoms with Crippen molar-refractivity contribution < 1.29 is 22.0 Å². The lowest BCUT2D eigenvalue weighted by Crippen LogP contribution is -2.37. The van der Waals surface area contributed by atoms with Gasteiger partial charge in [-0.2, -0.15) is 13.2 Å². The van der Waals surface area contributed by atoms with E-state index in [1.165, 1.54) is 0 Å². The third-order valence-electron chi connectivity index (χ3n) is 0.583. The Balaban J connectivity index is 4.14. The molecule has 0 saturated carbocycles. The van der Waals surface area contributed by atoms with Crippen molar-refractivity contribution in [2.24, 2.45) is 0 Å². The molecular weight excluding hydrogens is 166 g/mol. The summed E-state index contributed by atoms with van der Waals surface area (Å²) in [4.78, 5) is 0. The molecule has 0 rings (SSSR count). The molecule has 9 heavy (non-hydrogen) atoms. The zero-order valence-corrected chi connectivity index (χ0v) is 4.73. The molecule has 0 aliphatic carbocycles. The van der Waals surface area contributed by atoms with E-state index in [9.17, 15) is 22.0 Å². The van der Waals surface area contributed by atoms with Crippen molar-refractivity contribution in [3.8, 4) is 0 Å². The van der Waals surface area contributed by atoms with Crippen LogP contribution in [-0.2, 0) is 0 Å². The van der Waals surface area contributed by atoms with E-state index >= 15 is 0 Å². The molecule has 0 N–H and O–H groups in total. The highest BCUT2D eigenvalue weighted by Gasteiger charge is 2.55. The van der Waals surface area contributed by atoms with Crippen LogP contribution in [-0.4, -0.2) is 18.0 Å². The lowest BCUT2D eigenvalue weighted by molar-refractivity contribution is -0.201. The average molecular weight is 168 g/mol. The molecule has 0 spiro atoms. The summed E-state index contributed by atoms with van der Waals surface area (Å²) in [6.07, 6.45) is -5.33. The summed E-state index contributed by atoms with van der Waals surface area (Å²) in [6.45, 7) is -2.27. The van der Waals surface area contributed by atoms with E-state index in [4.69, 9.17) is 0 Å². The van der Waals surface area contributed by atoms with Crippen LogP contribution in [0.25, 0.3) is 0 Å². The van der Waals surface area contributed by atoms with Gasteiger partial charge in [0.1, 0.15) is 6.67 Å². The van der Waals surface area contributed by atoms with Crippen LogP contribution in [0.2, 0.25) is 0 Å². The van der Waals surface area contributed by atoms with Crippen LogP contribution < -0.4 is 0 Å². The molecular formula is C3H2ClF5. The van der Waals surface area contributed by atoms with E-state index in [-0.39, 0.29) is 0 Å². The normalized spacial score (nSPS) is 19.3. The lowest BCUT2D eigenvalue weighted by atomic mass is 10.4. The zero-order chi connectivity index (χ0) is 7.71. The fraction of sp³-hybridized carbons (Fsp3) is 1.00. The fourth-order valence-electron chi connectivity index (χ4n) is 0.0758. The Labute approximate surface area is 52.6 Å². The van der Waals surface area contributed by atoms with Gasteiger partial charge < -0.3 is 0 Å². The highest BCUT2D eigenvalue weighted by Crippen LogP contribution is 2.37. The minimum absolute atomic E-state index is 2.27. The van der Waals surface area contributed by atoms with Crippen LogP contribution in [0.4, 0.5) is 22.0 Å². The first kappa shape index (κ1) is 8.94. The van der Waals surface area contributed by atoms with E-state index in [1.54, 1.807) is 0 Å². The van der Waals surface area contributed by atoms with Crippen molar-refractivity contribution in [3.63, 3.8) is 0 Å². The van der Waals surface area contributed by atoms with Crippen molar-refractivity contribution in [1.82, 2.24) is 0 Å². The van der Waals surface area contributed by atoms with Crippen molar-refractivity contribution in [2.45, 2.75) is 11.3 Å². The van der Waals surface area contributed by atoms with E-state index in [0.717, 1.165) is 0 Å². The molecule has 0 aromatic carbocycles. The van der Waals surface area contributed by atoms with Gasteiger partial charge in [-0.15, -0.1) is 0 Å². The summed E-state index contributed by atoms with van der Waals surface area (Å²) in [5, 5.41) is -4.22. The standard InChI is InChI=1S/C3H2ClF5/c4-2(6,1-5)3(7,8)9/h1H2/t2-/m1/s1. The predicted molar refractivity (Wildman–Crippen MR) is 21.7 cm³/mol. The smallest absolute Gasteiger partial charge is 0.246 e. The van der Waals surface area contributed by atoms with E-state index < -0.39 is 18.0 Å². The Hall–Kier alpha value is -0.0600. The zero-order valence-electron chi connectivity index (χ0n) is 3.97. The Bertz CT molecular complexity index is 94.9. The summed E-state index contributed by atoms with van der Waals surface area (Å²) < 4.78 is 55.9. The van der Waals surface area contributed by atoms with Gasteiger partial charge in [0.25, 0.3) is 0 Å². The Morgan fingerprint density at radius 3 is 1.44 bits per heavy atom. The van der Waals surface area contributed by atoms with Crippen LogP contribution in [0, 0.1) is 0 Å². The third kappa shape index (κ3) is 1.97. The topological polar surface area (TPSA) is 0 Å². The first-order chi connectivity index (χ1) is 3.81. The fourth-order valence-corrected chi connectivity index (χ4v) is 0.0758. The van der Waals surface area contributed by atoms with Crippen LogP contribution in [0.5, 0.6) is 0 Å². The number of hydrogen-bond donors (Lipinski definition) is 0. The maximum Gasteiger partial charge on any atom is 0.439 e. The summed E-state index contributed by atoms with van der Waals surface area (Å²) in [6, 6.07) is 0. The molecule has 0 heterocycles. The molecule has 0 unspecified atom stereocenters. The molecule has 0 aliphatic rings. The molecule has 0 nitrogen and oxygen atoms in total. The molecule has 0 fully saturated rings. The van der Waals surface area contributed by atoms with Gasteiger partial charge >= 0.3 is 11.3 Å². The maximum absolute atomic E-state index is 11.6. The second kappa shape index (κ2) is 2.28. The Kier molecular flexibility index (Phi) is 2.27. The molecule has 0 amide bonds. The molecule has 0 saturated heterocycles. The second-order valence-electron chi connectivity index (χ2n) is 1.34. The van der Waals surface area contributed by atoms with Gasteiger partial charge in [0.05, 0.1) is 0 Å². The molecule has 0 radical (unpaired) electrons. The molecule has 6 heteroatoms. The second-order valence-corrected chi connectivity index (χ2v) is 1.93. The molecule has 0 aromatic rings. The first-order valence-electron chi connectivity index (χ1n) is 1.82. The van der Waals surface area contributed by atoms with Crippen LogP contribution in [0.15, 0.2) is 0 Å². The van der Waals surface area contributed by atoms with Gasteiger partial charge in [-0.05, 0) is 0 Å². The molecule has 0 bridgehead atoms. The number of hydrogen-bond acceptors (Lipinski definition) is 0. The lowest BCUT2D eigenvalue weighted by Gasteiger charge is -2.16. The van der Waals surface area contributed by atoms with Gasteiger partial charge in [-0.25, -0.2) is 8.78 Å². The first-order valence-corrected chi connectivity index (χ1v) is 2.19. The van der Waals surface area contributed by atoms with Gasteiger partial charge in [0.15, 0.2) is 0 Å². The summed E-state index contributed by atoms with van der Waals surface area (Å²) in [7, 11) is 0. The highest BCUT2D eigenvalue weighted by molar-refractivity contribution is 6.23. The highest BCUT2D eigenvalue weighted by atomic mass is 35.5. The van der Waals surface area contributed by atoms with Crippen molar-refractivity contribution in [2.75, 3.05) is 6.67 Å². The van der Waals surface area contributed by atoms with Crippen molar-refractivity contribution in [3.05, 3.63) is 0 Å². The van der Waals surface area contributed by atoms with Gasteiger partial charge in [-0.1, -0.05) is 11.6 Å². The summed E-state index contributed by atoms with van der Waals surface area (Å²) in [5.41, 5.74) is 0. The minimum atomic E-state index is -5.33. The molecule has 1 atom stereocenters. The van der Waals surface area contributed by atoms with E-state index in [1.807, 2.05) is 0 Å². The van der Waals surface area contributed by atoms with Crippen molar-refractivity contribution in [1.29, 1.82) is 0 Å². The van der Waals surface area contributed by atoms with E-state index in [0.29, 0.717) is 0 Å². The SMILES string of the molecule is FC[C@](F)(Cl)C(F)(F)F. The number of halogens is 6. The minimum Gasteiger partial charge on any atom is -0.246 e. The predicted octanol–water partition coefficient (Wildman–Crippen LogP) is 2.42. The number of alkyl halides is 6. The third-order valence-corrected chi connectivity index (χ3v) is 0.898. The quantitative estimate of drug-likeness (QED) is 0.417. The summed E-state index contributed by atoms with van der Waals surface area (Å²) >= 11 is 4.03. The molecule has 56 valence electrons. The number of rotatable bonds is 1. The Morgan fingerprint density at radius 2 is 1.44 bits per heavy atom. The van der Waals surface area contributed by atoms with Crippen LogP contribution in [0.1, 0.15) is 0 Å².